The molecule has 4 heteroatoms. The van der Waals surface area contributed by atoms with Crippen molar-refractivity contribution in [3.8, 4) is 6.07 Å². The Morgan fingerprint density at radius 1 is 1.62 bits per heavy atom. The van der Waals surface area contributed by atoms with Crippen LogP contribution >= 0.6 is 23.4 Å². The molecule has 2 nitrogen and oxygen atoms in total. The smallest absolute Gasteiger partial charge is 0.0936 e. The van der Waals surface area contributed by atoms with Crippen LogP contribution in [0.5, 0.6) is 0 Å². The van der Waals surface area contributed by atoms with Gasteiger partial charge in [-0.25, -0.2) is 0 Å². The van der Waals surface area contributed by atoms with Gasteiger partial charge >= 0.3 is 0 Å². The van der Waals surface area contributed by atoms with Crippen LogP contribution in [0.4, 0.5) is 5.69 Å². The summed E-state index contributed by atoms with van der Waals surface area (Å²) in [6.07, 6.45) is 0. The van der Waals surface area contributed by atoms with Crippen LogP contribution in [0.1, 0.15) is 6.92 Å². The van der Waals surface area contributed by atoms with Crippen LogP contribution in [0.3, 0.4) is 0 Å². The molecular formula is C9H9ClN2S. The Hall–Kier alpha value is -0.850. The second-order valence-corrected chi connectivity index (χ2v) is 4.37. The molecule has 1 rings (SSSR count). The van der Waals surface area contributed by atoms with Gasteiger partial charge in [0.15, 0.2) is 0 Å². The first-order chi connectivity index (χ1) is 6.13. The quantitative estimate of drug-likeness (QED) is 0.606. The number of nitrogen functional groups attached to an aromatic ring is 1. The molecule has 1 aromatic carbocycles. The van der Waals surface area contributed by atoms with Crippen molar-refractivity contribution in [3.05, 3.63) is 23.2 Å². The third kappa shape index (κ3) is 2.83. The molecule has 0 spiro atoms. The van der Waals surface area contributed by atoms with Crippen molar-refractivity contribution in [2.75, 3.05) is 5.73 Å². The highest BCUT2D eigenvalue weighted by Gasteiger charge is 2.06. The maximum Gasteiger partial charge on any atom is 0.0936 e. The number of rotatable bonds is 2. The molecule has 0 aliphatic rings. The van der Waals surface area contributed by atoms with Crippen molar-refractivity contribution in [1.82, 2.24) is 0 Å². The van der Waals surface area contributed by atoms with E-state index in [9.17, 15) is 0 Å². The van der Waals surface area contributed by atoms with Crippen molar-refractivity contribution in [3.63, 3.8) is 0 Å². The lowest BCUT2D eigenvalue weighted by atomic mass is 10.3. The van der Waals surface area contributed by atoms with E-state index in [1.54, 1.807) is 18.2 Å². The third-order valence-corrected chi connectivity index (χ3v) is 2.93. The van der Waals surface area contributed by atoms with Crippen molar-refractivity contribution >= 4 is 29.1 Å². The molecular weight excluding hydrogens is 204 g/mol. The van der Waals surface area contributed by atoms with Gasteiger partial charge in [0.2, 0.25) is 0 Å². The summed E-state index contributed by atoms with van der Waals surface area (Å²) in [4.78, 5) is 0.857. The second-order valence-electron chi connectivity index (χ2n) is 2.58. The Bertz CT molecular complexity index is 346. The van der Waals surface area contributed by atoms with Crippen LogP contribution in [-0.2, 0) is 0 Å². The van der Waals surface area contributed by atoms with Gasteiger partial charge in [-0.3, -0.25) is 0 Å². The minimum Gasteiger partial charge on any atom is -0.399 e. The predicted molar refractivity (Wildman–Crippen MR) is 56.8 cm³/mol. The van der Waals surface area contributed by atoms with Crippen LogP contribution in [0.2, 0.25) is 5.02 Å². The number of anilines is 1. The summed E-state index contributed by atoms with van der Waals surface area (Å²) in [5.41, 5.74) is 6.25. The van der Waals surface area contributed by atoms with Gasteiger partial charge in [0, 0.05) is 10.6 Å². The predicted octanol–water partition coefficient (Wildman–Crippen LogP) is 2.93. The Labute approximate surface area is 86.7 Å². The average molecular weight is 213 g/mol. The number of hydrogen-bond acceptors (Lipinski definition) is 3. The normalized spacial score (nSPS) is 12.1. The van der Waals surface area contributed by atoms with Crippen LogP contribution in [-0.4, -0.2) is 5.25 Å². The molecule has 2 N–H and O–H groups in total. The maximum atomic E-state index is 8.61. The van der Waals surface area contributed by atoms with Crippen LogP contribution < -0.4 is 5.73 Å². The van der Waals surface area contributed by atoms with E-state index in [-0.39, 0.29) is 5.25 Å². The van der Waals surface area contributed by atoms with E-state index in [1.807, 2.05) is 6.92 Å². The molecule has 0 saturated carbocycles. The molecule has 13 heavy (non-hydrogen) atoms. The molecule has 0 bridgehead atoms. The first-order valence-electron chi connectivity index (χ1n) is 3.75. The zero-order valence-corrected chi connectivity index (χ0v) is 8.69. The molecule has 1 atom stereocenters. The molecule has 0 aliphatic carbocycles. The number of nitrogens with two attached hydrogens (primary N) is 1. The van der Waals surface area contributed by atoms with E-state index >= 15 is 0 Å². The Morgan fingerprint density at radius 2 is 2.31 bits per heavy atom. The fourth-order valence-corrected chi connectivity index (χ4v) is 1.90. The Morgan fingerprint density at radius 3 is 2.92 bits per heavy atom. The first-order valence-corrected chi connectivity index (χ1v) is 5.00. The lowest BCUT2D eigenvalue weighted by Gasteiger charge is -2.05. The number of nitriles is 1. The number of nitrogens with zero attached hydrogens (tertiary/aromatic N) is 1. The first kappa shape index (κ1) is 10.2. The molecule has 0 aliphatic heterocycles. The maximum absolute atomic E-state index is 8.61. The van der Waals surface area contributed by atoms with Crippen LogP contribution in [0, 0.1) is 11.3 Å². The fraction of sp³-hybridized carbons (Fsp3) is 0.222. The standard InChI is InChI=1S/C9H9ClN2S/c1-6(5-11)13-9-4-7(12)2-3-8(9)10/h2-4,6H,12H2,1H3. The zero-order valence-electron chi connectivity index (χ0n) is 7.12. The van der Waals surface area contributed by atoms with Crippen molar-refractivity contribution < 1.29 is 0 Å². The fourth-order valence-electron chi connectivity index (χ4n) is 0.827. The van der Waals surface area contributed by atoms with Gasteiger partial charge in [0.05, 0.1) is 16.3 Å². The van der Waals surface area contributed by atoms with Crippen molar-refractivity contribution in [2.24, 2.45) is 0 Å². The molecule has 0 saturated heterocycles. The lowest BCUT2D eigenvalue weighted by molar-refractivity contribution is 1.23. The zero-order chi connectivity index (χ0) is 9.84. The molecule has 0 aromatic heterocycles. The number of halogens is 1. The molecule has 0 fully saturated rings. The summed E-state index contributed by atoms with van der Waals surface area (Å²) >= 11 is 7.32. The molecule has 0 heterocycles. The monoisotopic (exact) mass is 212 g/mol. The third-order valence-electron chi connectivity index (χ3n) is 1.44. The number of benzene rings is 1. The second kappa shape index (κ2) is 4.40. The topological polar surface area (TPSA) is 49.8 Å². The van der Waals surface area contributed by atoms with E-state index in [4.69, 9.17) is 22.6 Å². The summed E-state index contributed by atoms with van der Waals surface area (Å²) in [7, 11) is 0. The number of hydrogen-bond donors (Lipinski definition) is 1. The lowest BCUT2D eigenvalue weighted by Crippen LogP contribution is -1.91. The van der Waals surface area contributed by atoms with E-state index in [0.717, 1.165) is 4.90 Å². The van der Waals surface area contributed by atoms with E-state index < -0.39 is 0 Å². The van der Waals surface area contributed by atoms with Gasteiger partial charge < -0.3 is 5.73 Å². The van der Waals surface area contributed by atoms with Gasteiger partial charge in [0.25, 0.3) is 0 Å². The Kier molecular flexibility index (Phi) is 3.47. The summed E-state index contributed by atoms with van der Waals surface area (Å²) in [6, 6.07) is 7.38. The summed E-state index contributed by atoms with van der Waals surface area (Å²) in [5, 5.41) is 9.14. The summed E-state index contributed by atoms with van der Waals surface area (Å²) in [6.45, 7) is 1.82. The highest BCUT2D eigenvalue weighted by atomic mass is 35.5. The van der Waals surface area contributed by atoms with Gasteiger partial charge in [0.1, 0.15) is 0 Å². The minimum atomic E-state index is -0.112. The summed E-state index contributed by atoms with van der Waals surface area (Å²) in [5.74, 6) is 0. The molecule has 68 valence electrons. The average Bonchev–Trinajstić information content (AvgIpc) is 2.11. The molecule has 0 radical (unpaired) electrons. The SMILES string of the molecule is CC(C#N)Sc1cc(N)ccc1Cl. The molecule has 0 amide bonds. The summed E-state index contributed by atoms with van der Waals surface area (Å²) < 4.78 is 0. The minimum absolute atomic E-state index is 0.112. The van der Waals surface area contributed by atoms with Gasteiger partial charge in [-0.1, -0.05) is 11.6 Å². The van der Waals surface area contributed by atoms with Crippen molar-refractivity contribution in [1.29, 1.82) is 5.26 Å². The van der Waals surface area contributed by atoms with Crippen LogP contribution in [0.25, 0.3) is 0 Å². The Balaban J connectivity index is 2.88. The van der Waals surface area contributed by atoms with E-state index in [0.29, 0.717) is 10.7 Å². The largest absolute Gasteiger partial charge is 0.399 e. The van der Waals surface area contributed by atoms with Crippen molar-refractivity contribution in [2.45, 2.75) is 17.1 Å². The highest BCUT2D eigenvalue weighted by Crippen LogP contribution is 2.31. The van der Waals surface area contributed by atoms with Gasteiger partial charge in [-0.2, -0.15) is 5.26 Å². The number of thioether (sulfide) groups is 1. The highest BCUT2D eigenvalue weighted by molar-refractivity contribution is 8.00. The van der Waals surface area contributed by atoms with Gasteiger partial charge in [-0.05, 0) is 25.1 Å². The van der Waals surface area contributed by atoms with Gasteiger partial charge in [-0.15, -0.1) is 11.8 Å². The van der Waals surface area contributed by atoms with E-state index in [2.05, 4.69) is 6.07 Å². The van der Waals surface area contributed by atoms with E-state index in [1.165, 1.54) is 11.8 Å². The molecule has 1 unspecified atom stereocenters. The molecule has 1 aromatic rings. The van der Waals surface area contributed by atoms with Crippen LogP contribution in [0.15, 0.2) is 23.1 Å².